The average Bonchev–Trinajstić information content (AvgIpc) is 2.83. The quantitative estimate of drug-likeness (QED) is 0.554. The van der Waals surface area contributed by atoms with Gasteiger partial charge in [0.05, 0.1) is 18.1 Å². The Morgan fingerprint density at radius 3 is 2.88 bits per heavy atom. The van der Waals surface area contributed by atoms with Crippen LogP contribution in [0.5, 0.6) is 0 Å². The Balaban J connectivity index is 1.86. The third-order valence-corrected chi connectivity index (χ3v) is 4.09. The summed E-state index contributed by atoms with van der Waals surface area (Å²) in [4.78, 5) is 20.0. The molecule has 0 spiro atoms. The standard InChI is InChI=1S/C15H20N4O5/c1-8(21)13(23)10(5-20)24-7-19-4-9-2-3-11(22)18-14-12(9)15(19)17-6-16-14/h4,6,8,10,13,20-21,23H,2-3,5,7H2,1H3,(H,16,17,18,22)/t8-,10+,13-/m0/s1. The van der Waals surface area contributed by atoms with Crippen LogP contribution < -0.4 is 5.32 Å². The maximum atomic E-state index is 11.7. The molecule has 24 heavy (non-hydrogen) atoms. The smallest absolute Gasteiger partial charge is 0.225 e. The lowest BCUT2D eigenvalue weighted by Gasteiger charge is -2.23. The molecule has 1 aliphatic heterocycles. The number of nitrogens with one attached hydrogen (secondary N) is 1. The lowest BCUT2D eigenvalue weighted by Crippen LogP contribution is -2.40. The average molecular weight is 336 g/mol. The van der Waals surface area contributed by atoms with E-state index in [-0.39, 0.29) is 12.6 Å². The minimum atomic E-state index is -1.19. The maximum Gasteiger partial charge on any atom is 0.225 e. The summed E-state index contributed by atoms with van der Waals surface area (Å²) in [5.41, 5.74) is 1.53. The van der Waals surface area contributed by atoms with Crippen molar-refractivity contribution in [2.45, 2.75) is 44.8 Å². The Kier molecular flexibility index (Phi) is 4.76. The highest BCUT2D eigenvalue weighted by Crippen LogP contribution is 2.29. The Bertz CT molecular complexity index is 745. The molecule has 9 heteroatoms. The molecule has 2 aromatic heterocycles. The third kappa shape index (κ3) is 3.11. The first-order chi connectivity index (χ1) is 11.5. The highest BCUT2D eigenvalue weighted by Gasteiger charge is 2.25. The van der Waals surface area contributed by atoms with Gasteiger partial charge in [0, 0.05) is 12.6 Å². The molecule has 0 fully saturated rings. The number of nitrogens with zero attached hydrogens (tertiary/aromatic N) is 3. The van der Waals surface area contributed by atoms with Gasteiger partial charge in [-0.25, -0.2) is 9.97 Å². The number of rotatable bonds is 6. The number of amides is 1. The fourth-order valence-electron chi connectivity index (χ4n) is 2.78. The van der Waals surface area contributed by atoms with Crippen molar-refractivity contribution >= 4 is 22.8 Å². The molecule has 2 aromatic rings. The largest absolute Gasteiger partial charge is 0.394 e. The minimum Gasteiger partial charge on any atom is -0.394 e. The number of ether oxygens (including phenoxy) is 1. The molecular weight excluding hydrogens is 316 g/mol. The maximum absolute atomic E-state index is 11.7. The lowest BCUT2D eigenvalue weighted by atomic mass is 10.1. The first kappa shape index (κ1) is 16.8. The lowest BCUT2D eigenvalue weighted by molar-refractivity contribution is -0.119. The molecule has 9 nitrogen and oxygen atoms in total. The predicted octanol–water partition coefficient (Wildman–Crippen LogP) is -0.607. The van der Waals surface area contributed by atoms with Crippen LogP contribution in [0.4, 0.5) is 5.82 Å². The van der Waals surface area contributed by atoms with E-state index in [1.54, 1.807) is 4.57 Å². The molecule has 3 rings (SSSR count). The fourth-order valence-corrected chi connectivity index (χ4v) is 2.78. The zero-order valence-corrected chi connectivity index (χ0v) is 13.2. The van der Waals surface area contributed by atoms with Crippen molar-refractivity contribution in [2.75, 3.05) is 11.9 Å². The summed E-state index contributed by atoms with van der Waals surface area (Å²) >= 11 is 0. The van der Waals surface area contributed by atoms with Crippen molar-refractivity contribution in [3.63, 3.8) is 0 Å². The highest BCUT2D eigenvalue weighted by molar-refractivity contribution is 6.02. The van der Waals surface area contributed by atoms with Gasteiger partial charge in [0.1, 0.15) is 36.7 Å². The summed E-state index contributed by atoms with van der Waals surface area (Å²) in [7, 11) is 0. The van der Waals surface area contributed by atoms with Crippen LogP contribution in [0.15, 0.2) is 12.5 Å². The molecule has 0 aliphatic carbocycles. The summed E-state index contributed by atoms with van der Waals surface area (Å²) in [6, 6.07) is 0. The predicted molar refractivity (Wildman–Crippen MR) is 84.1 cm³/mol. The van der Waals surface area contributed by atoms with E-state index < -0.39 is 24.9 Å². The second-order valence-electron chi connectivity index (χ2n) is 5.84. The molecule has 4 N–H and O–H groups in total. The number of aliphatic hydroxyl groups excluding tert-OH is 3. The van der Waals surface area contributed by atoms with Gasteiger partial charge < -0.3 is 29.9 Å². The molecule has 0 saturated carbocycles. The van der Waals surface area contributed by atoms with Crippen LogP contribution >= 0.6 is 0 Å². The summed E-state index contributed by atoms with van der Waals surface area (Å²) in [6.45, 7) is 1.04. The van der Waals surface area contributed by atoms with Crippen LogP contribution in [0.2, 0.25) is 0 Å². The van der Waals surface area contributed by atoms with Crippen LogP contribution in [0.3, 0.4) is 0 Å². The minimum absolute atomic E-state index is 0.0376. The van der Waals surface area contributed by atoms with Crippen molar-refractivity contribution in [2.24, 2.45) is 0 Å². The van der Waals surface area contributed by atoms with E-state index in [0.717, 1.165) is 10.9 Å². The second kappa shape index (κ2) is 6.81. The van der Waals surface area contributed by atoms with E-state index in [9.17, 15) is 20.1 Å². The summed E-state index contributed by atoms with van der Waals surface area (Å²) in [6.07, 6.45) is 0.976. The molecule has 1 aliphatic rings. The van der Waals surface area contributed by atoms with Crippen LogP contribution in [-0.2, 0) is 22.7 Å². The third-order valence-electron chi connectivity index (χ3n) is 4.09. The van der Waals surface area contributed by atoms with E-state index in [1.807, 2.05) is 6.20 Å². The molecular formula is C15H20N4O5. The van der Waals surface area contributed by atoms with Gasteiger partial charge in [-0.2, -0.15) is 0 Å². The first-order valence-electron chi connectivity index (χ1n) is 7.72. The van der Waals surface area contributed by atoms with Crippen molar-refractivity contribution in [3.8, 4) is 0 Å². The van der Waals surface area contributed by atoms with E-state index in [2.05, 4.69) is 15.3 Å². The topological polar surface area (TPSA) is 130 Å². The van der Waals surface area contributed by atoms with Crippen molar-refractivity contribution in [1.29, 1.82) is 0 Å². The number of carbonyl (C=O) groups is 1. The summed E-state index contributed by atoms with van der Waals surface area (Å²) in [5.74, 6) is 0.383. The highest BCUT2D eigenvalue weighted by atomic mass is 16.5. The Labute approximate surface area is 137 Å². The van der Waals surface area contributed by atoms with Crippen LogP contribution in [-0.4, -0.2) is 60.7 Å². The molecule has 0 unspecified atom stereocenters. The zero-order chi connectivity index (χ0) is 17.3. The van der Waals surface area contributed by atoms with Gasteiger partial charge in [-0.15, -0.1) is 0 Å². The van der Waals surface area contributed by atoms with Gasteiger partial charge in [0.25, 0.3) is 0 Å². The van der Waals surface area contributed by atoms with Crippen LogP contribution in [0.1, 0.15) is 18.9 Å². The van der Waals surface area contributed by atoms with Gasteiger partial charge >= 0.3 is 0 Å². The van der Waals surface area contributed by atoms with Gasteiger partial charge in [-0.1, -0.05) is 0 Å². The number of hydrogen-bond donors (Lipinski definition) is 4. The molecule has 0 radical (unpaired) electrons. The van der Waals surface area contributed by atoms with Gasteiger partial charge in [-0.3, -0.25) is 4.79 Å². The zero-order valence-electron chi connectivity index (χ0n) is 13.2. The normalized spacial score (nSPS) is 18.1. The molecule has 130 valence electrons. The molecule has 1 amide bonds. The van der Waals surface area contributed by atoms with Crippen LogP contribution in [0, 0.1) is 0 Å². The molecule has 3 heterocycles. The number of aliphatic hydroxyl groups is 3. The number of aromatic nitrogens is 3. The van der Waals surface area contributed by atoms with E-state index in [1.165, 1.54) is 13.3 Å². The monoisotopic (exact) mass is 336 g/mol. The van der Waals surface area contributed by atoms with E-state index in [0.29, 0.717) is 24.3 Å². The van der Waals surface area contributed by atoms with Crippen LogP contribution in [0.25, 0.3) is 11.0 Å². The van der Waals surface area contributed by atoms with Gasteiger partial charge in [0.2, 0.25) is 5.91 Å². The Hall–Kier alpha value is -2.07. The van der Waals surface area contributed by atoms with E-state index in [4.69, 9.17) is 4.74 Å². The SMILES string of the molecule is C[C@H](O)[C@H](O)[C@@H](CO)OCn1cc2c3c(ncnc31)NC(=O)CC2. The number of aryl methyl sites for hydroxylation is 1. The Morgan fingerprint density at radius 1 is 1.38 bits per heavy atom. The first-order valence-corrected chi connectivity index (χ1v) is 7.72. The fraction of sp³-hybridized carbons (Fsp3) is 0.533. The number of hydrogen-bond acceptors (Lipinski definition) is 7. The van der Waals surface area contributed by atoms with Gasteiger partial charge in [-0.05, 0) is 18.9 Å². The molecule has 0 bridgehead atoms. The number of anilines is 1. The van der Waals surface area contributed by atoms with E-state index >= 15 is 0 Å². The molecule has 0 aromatic carbocycles. The molecule has 3 atom stereocenters. The summed E-state index contributed by atoms with van der Waals surface area (Å²) < 4.78 is 7.26. The van der Waals surface area contributed by atoms with Crippen molar-refractivity contribution < 1.29 is 24.9 Å². The molecule has 0 saturated heterocycles. The number of carbonyl (C=O) groups excluding carboxylic acids is 1. The van der Waals surface area contributed by atoms with Gasteiger partial charge in [0.15, 0.2) is 0 Å². The summed E-state index contributed by atoms with van der Waals surface area (Å²) in [5, 5.41) is 32.1. The second-order valence-corrected chi connectivity index (χ2v) is 5.84. The van der Waals surface area contributed by atoms with Crippen molar-refractivity contribution in [3.05, 3.63) is 18.1 Å². The van der Waals surface area contributed by atoms with Crippen molar-refractivity contribution in [1.82, 2.24) is 14.5 Å². The Morgan fingerprint density at radius 2 is 2.17 bits per heavy atom.